The quantitative estimate of drug-likeness (QED) is 0.473. The molecule has 2 aromatic rings. The zero-order valence-corrected chi connectivity index (χ0v) is 18.7. The summed E-state index contributed by atoms with van der Waals surface area (Å²) in [6, 6.07) is 5.47. The van der Waals surface area contributed by atoms with Crippen molar-refractivity contribution in [3.05, 3.63) is 29.0 Å². The van der Waals surface area contributed by atoms with Gasteiger partial charge in [-0.1, -0.05) is 27.5 Å². The number of rotatable bonds is 6. The van der Waals surface area contributed by atoms with Crippen LogP contribution in [-0.2, 0) is 22.7 Å². The van der Waals surface area contributed by atoms with Crippen molar-refractivity contribution < 1.29 is 14.6 Å². The summed E-state index contributed by atoms with van der Waals surface area (Å²) in [6.07, 6.45) is 7.75. The van der Waals surface area contributed by atoms with Crippen LogP contribution in [0.2, 0.25) is 5.02 Å². The number of aliphatic hydroxyl groups is 1. The first kappa shape index (κ1) is 19.8. The second kappa shape index (κ2) is 7.24. The average molecular weight is 482 g/mol. The van der Waals surface area contributed by atoms with Crippen LogP contribution in [0.1, 0.15) is 50.8 Å². The maximum Gasteiger partial charge on any atom is 0.306 e. The zero-order valence-electron chi connectivity index (χ0n) is 16.4. The van der Waals surface area contributed by atoms with E-state index in [1.165, 1.54) is 19.3 Å². The lowest BCUT2D eigenvalue weighted by molar-refractivity contribution is -0.152. The van der Waals surface area contributed by atoms with Gasteiger partial charge in [0.15, 0.2) is 0 Å². The van der Waals surface area contributed by atoms with Crippen molar-refractivity contribution in [1.29, 1.82) is 0 Å². The Kier molecular flexibility index (Phi) is 4.95. The molecule has 2 unspecified atom stereocenters. The van der Waals surface area contributed by atoms with E-state index in [9.17, 15) is 9.90 Å². The summed E-state index contributed by atoms with van der Waals surface area (Å²) < 4.78 is 7.82. The first-order chi connectivity index (χ1) is 13.9. The highest BCUT2D eigenvalue weighted by atomic mass is 79.9. The van der Waals surface area contributed by atoms with Gasteiger partial charge < -0.3 is 14.4 Å². The summed E-state index contributed by atoms with van der Waals surface area (Å²) in [4.78, 5) is 17.4. The number of alkyl halides is 1. The Morgan fingerprint density at radius 2 is 2.07 bits per heavy atom. The summed E-state index contributed by atoms with van der Waals surface area (Å²) in [6.45, 7) is 0.495. The zero-order chi connectivity index (χ0) is 20.2. The molecule has 0 radical (unpaired) electrons. The molecule has 4 fully saturated rings. The number of hydrogen-bond donors (Lipinski definition) is 1. The van der Waals surface area contributed by atoms with Gasteiger partial charge in [0.1, 0.15) is 12.4 Å². The van der Waals surface area contributed by atoms with Gasteiger partial charge in [-0.2, -0.15) is 0 Å². The summed E-state index contributed by atoms with van der Waals surface area (Å²) >= 11 is 10.1. The highest BCUT2D eigenvalue weighted by Gasteiger charge is 2.57. The first-order valence-corrected chi connectivity index (χ1v) is 11.6. The van der Waals surface area contributed by atoms with Gasteiger partial charge in [0, 0.05) is 15.9 Å². The number of imidazole rings is 1. The maximum absolute atomic E-state index is 12.8. The van der Waals surface area contributed by atoms with Crippen LogP contribution >= 0.6 is 27.5 Å². The smallest absolute Gasteiger partial charge is 0.306 e. The number of carbonyl (C=O) groups is 1. The second-order valence-electron chi connectivity index (χ2n) is 9.49. The van der Waals surface area contributed by atoms with E-state index in [0.29, 0.717) is 23.8 Å². The van der Waals surface area contributed by atoms with E-state index in [0.717, 1.165) is 42.1 Å². The summed E-state index contributed by atoms with van der Waals surface area (Å²) in [5.41, 5.74) is 1.74. The number of nitrogens with zero attached hydrogens (tertiary/aromatic N) is 2. The molecular weight excluding hydrogens is 456 g/mol. The number of halogens is 2. The van der Waals surface area contributed by atoms with Gasteiger partial charge in [0.25, 0.3) is 0 Å². The van der Waals surface area contributed by atoms with Gasteiger partial charge >= 0.3 is 5.97 Å². The molecular formula is C22H26BrClN2O3. The van der Waals surface area contributed by atoms with Crippen molar-refractivity contribution in [3.63, 3.8) is 0 Å². The fourth-order valence-electron chi connectivity index (χ4n) is 6.65. The Balaban J connectivity index is 1.29. The van der Waals surface area contributed by atoms with E-state index in [1.807, 2.05) is 16.7 Å². The molecule has 0 amide bonds. The number of fused-ring (bicyclic) bond motifs is 1. The van der Waals surface area contributed by atoms with Gasteiger partial charge in [-0.25, -0.2) is 4.98 Å². The molecule has 4 bridgehead atoms. The number of ether oxygens (including phenoxy) is 1. The van der Waals surface area contributed by atoms with E-state index in [-0.39, 0.29) is 28.9 Å². The predicted octanol–water partition coefficient (Wildman–Crippen LogP) is 4.85. The van der Waals surface area contributed by atoms with Crippen LogP contribution in [0.5, 0.6) is 0 Å². The first-order valence-electron chi connectivity index (χ1n) is 10.5. The molecule has 1 heterocycles. The molecule has 2 atom stereocenters. The molecule has 29 heavy (non-hydrogen) atoms. The maximum atomic E-state index is 12.8. The molecule has 4 aliphatic carbocycles. The van der Waals surface area contributed by atoms with Crippen molar-refractivity contribution in [1.82, 2.24) is 9.55 Å². The number of aromatic nitrogens is 2. The van der Waals surface area contributed by atoms with E-state index in [4.69, 9.17) is 16.3 Å². The largest absolute Gasteiger partial charge is 0.457 e. The number of esters is 1. The second-order valence-corrected chi connectivity index (χ2v) is 11.6. The third-order valence-corrected chi connectivity index (χ3v) is 8.27. The van der Waals surface area contributed by atoms with Gasteiger partial charge in [0.2, 0.25) is 0 Å². The normalized spacial score (nSPS) is 32.8. The van der Waals surface area contributed by atoms with Gasteiger partial charge in [0.05, 0.1) is 24.1 Å². The van der Waals surface area contributed by atoms with Crippen LogP contribution in [0.25, 0.3) is 11.0 Å². The Hall–Kier alpha value is -1.11. The average Bonchev–Trinajstić information content (AvgIpc) is 2.95. The third-order valence-electron chi connectivity index (χ3n) is 7.11. The van der Waals surface area contributed by atoms with Crippen molar-refractivity contribution in [3.8, 4) is 0 Å². The molecule has 1 aromatic carbocycles. The van der Waals surface area contributed by atoms with E-state index >= 15 is 0 Å². The minimum absolute atomic E-state index is 0.0157. The van der Waals surface area contributed by atoms with E-state index in [2.05, 4.69) is 20.9 Å². The number of aliphatic hydroxyl groups excluding tert-OH is 1. The molecule has 0 aliphatic heterocycles. The van der Waals surface area contributed by atoms with Crippen LogP contribution < -0.4 is 0 Å². The molecule has 7 heteroatoms. The lowest BCUT2D eigenvalue weighted by atomic mass is 9.49. The van der Waals surface area contributed by atoms with Gasteiger partial charge in [-0.15, -0.1) is 0 Å². The minimum atomic E-state index is -0.135. The molecule has 0 saturated heterocycles. The fraction of sp³-hybridized carbons (Fsp3) is 0.636. The molecule has 1 N–H and O–H groups in total. The van der Waals surface area contributed by atoms with Crippen LogP contribution in [-0.4, -0.2) is 31.6 Å². The number of carbonyl (C=O) groups excluding carboxylic acids is 1. The molecule has 0 spiro atoms. The summed E-state index contributed by atoms with van der Waals surface area (Å²) in [5.74, 6) is 2.01. The van der Waals surface area contributed by atoms with Crippen molar-refractivity contribution in [2.24, 2.45) is 17.3 Å². The third kappa shape index (κ3) is 3.72. The standard InChI is InChI=1S/C22H26BrClN2O3/c23-22-9-14-5-15(10-22)8-21(7-14,13-22)11-20(28)29-12-19-25-17-2-1-16(24)6-18(17)26(19)3-4-27/h1-2,6,14-15,27H,3-5,7-13H2. The predicted molar refractivity (Wildman–Crippen MR) is 115 cm³/mol. The molecule has 1 aromatic heterocycles. The molecule has 4 aliphatic rings. The summed E-state index contributed by atoms with van der Waals surface area (Å²) in [5, 5.41) is 10.1. The van der Waals surface area contributed by atoms with Crippen molar-refractivity contribution in [2.45, 2.75) is 62.4 Å². The number of hydrogen-bond acceptors (Lipinski definition) is 4. The van der Waals surface area contributed by atoms with Gasteiger partial charge in [-0.3, -0.25) is 4.79 Å². The van der Waals surface area contributed by atoms with Crippen LogP contribution in [0, 0.1) is 17.3 Å². The SMILES string of the molecule is O=C(CC12CC3CC(CC(Br)(C3)C1)C2)OCc1nc2ccc(Cl)cc2n1CCO. The van der Waals surface area contributed by atoms with E-state index in [1.54, 1.807) is 6.07 Å². The molecule has 6 rings (SSSR count). The Morgan fingerprint density at radius 1 is 1.31 bits per heavy atom. The lowest BCUT2D eigenvalue weighted by Gasteiger charge is -2.60. The lowest BCUT2D eigenvalue weighted by Crippen LogP contribution is -2.53. The van der Waals surface area contributed by atoms with Gasteiger partial charge in [-0.05, 0) is 74.0 Å². The Bertz CT molecular complexity index is 945. The fourth-order valence-corrected chi connectivity index (χ4v) is 8.33. The van der Waals surface area contributed by atoms with Crippen LogP contribution in [0.3, 0.4) is 0 Å². The van der Waals surface area contributed by atoms with E-state index < -0.39 is 0 Å². The molecule has 4 saturated carbocycles. The summed E-state index contributed by atoms with van der Waals surface area (Å²) in [7, 11) is 0. The number of benzene rings is 1. The monoisotopic (exact) mass is 480 g/mol. The molecule has 5 nitrogen and oxygen atoms in total. The molecule has 156 valence electrons. The van der Waals surface area contributed by atoms with Crippen molar-refractivity contribution >= 4 is 44.5 Å². The van der Waals surface area contributed by atoms with Crippen molar-refractivity contribution in [2.75, 3.05) is 6.61 Å². The minimum Gasteiger partial charge on any atom is -0.457 e. The Labute approximate surface area is 183 Å². The highest BCUT2D eigenvalue weighted by Crippen LogP contribution is 2.65. The topological polar surface area (TPSA) is 64.3 Å². The van der Waals surface area contributed by atoms with Crippen LogP contribution in [0.4, 0.5) is 0 Å². The van der Waals surface area contributed by atoms with Crippen LogP contribution in [0.15, 0.2) is 18.2 Å². The Morgan fingerprint density at radius 3 is 2.76 bits per heavy atom. The highest BCUT2D eigenvalue weighted by molar-refractivity contribution is 9.10.